The number of carbonyl (C=O) groups excluding carboxylic acids is 1. The van der Waals surface area contributed by atoms with Crippen LogP contribution in [0.2, 0.25) is 0 Å². The van der Waals surface area contributed by atoms with Crippen LogP contribution >= 0.6 is 0 Å². The Bertz CT molecular complexity index is 234. The summed E-state index contributed by atoms with van der Waals surface area (Å²) in [6.45, 7) is 7.91. The first-order valence-corrected chi connectivity index (χ1v) is 6.56. The van der Waals surface area contributed by atoms with E-state index in [2.05, 4.69) is 5.32 Å². The summed E-state index contributed by atoms with van der Waals surface area (Å²) in [6.07, 6.45) is 2.39. The molecule has 0 aliphatic heterocycles. The van der Waals surface area contributed by atoms with Gasteiger partial charge >= 0.3 is 0 Å². The SMILES string of the molecule is COCCCOCCCC(C)(NC(C)C)C(N)=O. The fourth-order valence-electron chi connectivity index (χ4n) is 1.84. The predicted octanol–water partition coefficient (Wildman–Crippen LogP) is 1.06. The quantitative estimate of drug-likeness (QED) is 0.545. The van der Waals surface area contributed by atoms with Crippen molar-refractivity contribution in [3.63, 3.8) is 0 Å². The molecule has 1 atom stereocenters. The Balaban J connectivity index is 3.81. The molecule has 0 aromatic rings. The Morgan fingerprint density at radius 2 is 1.89 bits per heavy atom. The van der Waals surface area contributed by atoms with Crippen molar-refractivity contribution in [2.45, 2.75) is 51.6 Å². The molecule has 0 saturated carbocycles. The van der Waals surface area contributed by atoms with Gasteiger partial charge in [0.15, 0.2) is 0 Å². The van der Waals surface area contributed by atoms with Gasteiger partial charge in [0.05, 0.1) is 5.54 Å². The number of primary amides is 1. The van der Waals surface area contributed by atoms with E-state index in [0.717, 1.165) is 12.8 Å². The number of rotatable bonds is 11. The number of hydrogen-bond acceptors (Lipinski definition) is 4. The number of nitrogens with one attached hydrogen (secondary N) is 1. The van der Waals surface area contributed by atoms with E-state index in [0.29, 0.717) is 26.2 Å². The van der Waals surface area contributed by atoms with Crippen LogP contribution in [-0.2, 0) is 14.3 Å². The summed E-state index contributed by atoms with van der Waals surface area (Å²) in [5.74, 6) is -0.310. The summed E-state index contributed by atoms with van der Waals surface area (Å²) in [6, 6.07) is 0.227. The summed E-state index contributed by atoms with van der Waals surface area (Å²) in [5.41, 5.74) is 4.79. The van der Waals surface area contributed by atoms with Crippen molar-refractivity contribution in [1.29, 1.82) is 0 Å². The highest BCUT2D eigenvalue weighted by atomic mass is 16.5. The van der Waals surface area contributed by atoms with Crippen LogP contribution in [0.25, 0.3) is 0 Å². The molecule has 1 unspecified atom stereocenters. The van der Waals surface area contributed by atoms with Gasteiger partial charge < -0.3 is 20.5 Å². The summed E-state index contributed by atoms with van der Waals surface area (Å²) in [5, 5.41) is 3.22. The van der Waals surface area contributed by atoms with Crippen LogP contribution in [0.1, 0.15) is 40.0 Å². The van der Waals surface area contributed by atoms with Gasteiger partial charge in [0.2, 0.25) is 5.91 Å². The number of nitrogens with two attached hydrogens (primary N) is 1. The third-order valence-corrected chi connectivity index (χ3v) is 2.75. The number of amides is 1. The van der Waals surface area contributed by atoms with Crippen LogP contribution in [0.4, 0.5) is 0 Å². The van der Waals surface area contributed by atoms with E-state index in [-0.39, 0.29) is 11.9 Å². The zero-order valence-electron chi connectivity index (χ0n) is 12.1. The van der Waals surface area contributed by atoms with Crippen LogP contribution in [0.15, 0.2) is 0 Å². The molecule has 5 heteroatoms. The van der Waals surface area contributed by atoms with Gasteiger partial charge in [-0.3, -0.25) is 4.79 Å². The van der Waals surface area contributed by atoms with E-state index in [1.807, 2.05) is 20.8 Å². The van der Waals surface area contributed by atoms with Crippen molar-refractivity contribution in [2.75, 3.05) is 26.9 Å². The Hall–Kier alpha value is -0.650. The molecule has 0 spiro atoms. The number of hydrogen-bond donors (Lipinski definition) is 2. The molecule has 108 valence electrons. The molecule has 3 N–H and O–H groups in total. The fraction of sp³-hybridized carbons (Fsp3) is 0.923. The van der Waals surface area contributed by atoms with Gasteiger partial charge in [0.25, 0.3) is 0 Å². The van der Waals surface area contributed by atoms with Gasteiger partial charge in [0.1, 0.15) is 0 Å². The second kappa shape index (κ2) is 9.30. The monoisotopic (exact) mass is 260 g/mol. The van der Waals surface area contributed by atoms with Crippen LogP contribution < -0.4 is 11.1 Å². The maximum Gasteiger partial charge on any atom is 0.237 e. The minimum absolute atomic E-state index is 0.227. The van der Waals surface area contributed by atoms with Crippen LogP contribution in [0.3, 0.4) is 0 Å². The summed E-state index contributed by atoms with van der Waals surface area (Å²) < 4.78 is 10.4. The molecule has 0 saturated heterocycles. The molecular formula is C13H28N2O3. The van der Waals surface area contributed by atoms with Gasteiger partial charge in [-0.2, -0.15) is 0 Å². The average molecular weight is 260 g/mol. The van der Waals surface area contributed by atoms with Crippen molar-refractivity contribution < 1.29 is 14.3 Å². The average Bonchev–Trinajstić information content (AvgIpc) is 2.26. The lowest BCUT2D eigenvalue weighted by atomic mass is 9.94. The normalized spacial score (nSPS) is 14.7. The summed E-state index contributed by atoms with van der Waals surface area (Å²) >= 11 is 0. The van der Waals surface area contributed by atoms with E-state index in [9.17, 15) is 4.79 Å². The molecule has 0 radical (unpaired) electrons. The molecule has 0 aliphatic rings. The predicted molar refractivity (Wildman–Crippen MR) is 72.4 cm³/mol. The minimum Gasteiger partial charge on any atom is -0.385 e. The molecule has 0 bridgehead atoms. The Labute approximate surface area is 110 Å². The largest absolute Gasteiger partial charge is 0.385 e. The Kier molecular flexibility index (Phi) is 8.97. The maximum absolute atomic E-state index is 11.5. The first-order valence-electron chi connectivity index (χ1n) is 6.56. The van der Waals surface area contributed by atoms with Crippen molar-refractivity contribution in [3.05, 3.63) is 0 Å². The maximum atomic E-state index is 11.5. The molecule has 18 heavy (non-hydrogen) atoms. The number of methoxy groups -OCH3 is 1. The van der Waals surface area contributed by atoms with Crippen LogP contribution in [0.5, 0.6) is 0 Å². The van der Waals surface area contributed by atoms with Crippen molar-refractivity contribution in [1.82, 2.24) is 5.32 Å². The van der Waals surface area contributed by atoms with Gasteiger partial charge in [-0.1, -0.05) is 0 Å². The lowest BCUT2D eigenvalue weighted by Gasteiger charge is -2.29. The fourth-order valence-corrected chi connectivity index (χ4v) is 1.84. The van der Waals surface area contributed by atoms with Gasteiger partial charge in [-0.05, 0) is 40.0 Å². The molecule has 0 heterocycles. The lowest BCUT2D eigenvalue weighted by Crippen LogP contribution is -2.55. The molecule has 0 rings (SSSR count). The molecule has 1 amide bonds. The van der Waals surface area contributed by atoms with E-state index >= 15 is 0 Å². The third kappa shape index (κ3) is 7.63. The van der Waals surface area contributed by atoms with Crippen molar-refractivity contribution in [3.8, 4) is 0 Å². The molecule has 0 aromatic heterocycles. The third-order valence-electron chi connectivity index (χ3n) is 2.75. The van der Waals surface area contributed by atoms with Crippen LogP contribution in [-0.4, -0.2) is 44.4 Å². The van der Waals surface area contributed by atoms with Gasteiger partial charge in [0, 0.05) is 33.0 Å². The highest BCUT2D eigenvalue weighted by Crippen LogP contribution is 2.13. The standard InChI is InChI=1S/C13H28N2O3/c1-11(2)15-13(3,12(14)16)7-5-9-18-10-6-8-17-4/h11,15H,5-10H2,1-4H3,(H2,14,16). The minimum atomic E-state index is -0.649. The summed E-state index contributed by atoms with van der Waals surface area (Å²) in [7, 11) is 1.68. The van der Waals surface area contributed by atoms with E-state index < -0.39 is 5.54 Å². The second-order valence-corrected chi connectivity index (χ2v) is 5.06. The molecule has 5 nitrogen and oxygen atoms in total. The lowest BCUT2D eigenvalue weighted by molar-refractivity contribution is -0.124. The van der Waals surface area contributed by atoms with Gasteiger partial charge in [-0.15, -0.1) is 0 Å². The first-order chi connectivity index (χ1) is 8.42. The van der Waals surface area contributed by atoms with Crippen molar-refractivity contribution in [2.24, 2.45) is 5.73 Å². The number of carbonyl (C=O) groups is 1. The van der Waals surface area contributed by atoms with Crippen molar-refractivity contribution >= 4 is 5.91 Å². The number of ether oxygens (including phenoxy) is 2. The molecule has 0 fully saturated rings. The Morgan fingerprint density at radius 1 is 1.28 bits per heavy atom. The van der Waals surface area contributed by atoms with Crippen LogP contribution in [0, 0.1) is 0 Å². The topological polar surface area (TPSA) is 73.6 Å². The van der Waals surface area contributed by atoms with E-state index in [4.69, 9.17) is 15.2 Å². The molecular weight excluding hydrogens is 232 g/mol. The molecule has 0 aromatic carbocycles. The molecule has 0 aliphatic carbocycles. The van der Waals surface area contributed by atoms with Gasteiger partial charge in [-0.25, -0.2) is 0 Å². The van der Waals surface area contributed by atoms with E-state index in [1.54, 1.807) is 7.11 Å². The smallest absolute Gasteiger partial charge is 0.237 e. The van der Waals surface area contributed by atoms with E-state index in [1.165, 1.54) is 0 Å². The first kappa shape index (κ1) is 17.4. The zero-order valence-corrected chi connectivity index (χ0v) is 12.1. The highest BCUT2D eigenvalue weighted by Gasteiger charge is 2.30. The highest BCUT2D eigenvalue weighted by molar-refractivity contribution is 5.84. The zero-order chi connectivity index (χ0) is 14.0. The Morgan fingerprint density at radius 3 is 2.39 bits per heavy atom. The summed E-state index contributed by atoms with van der Waals surface area (Å²) in [4.78, 5) is 11.5. The second-order valence-electron chi connectivity index (χ2n) is 5.06.